The lowest BCUT2D eigenvalue weighted by Gasteiger charge is -2.31. The van der Waals surface area contributed by atoms with Crippen LogP contribution in [0.25, 0.3) is 0 Å². The third kappa shape index (κ3) is 9.77. The second-order valence-electron chi connectivity index (χ2n) is 9.98. The van der Waals surface area contributed by atoms with E-state index in [2.05, 4.69) is 28.6 Å². The number of nitrogens with zero attached hydrogens (tertiary/aromatic N) is 2. The molecule has 2 bridgehead atoms. The molecule has 3 rings (SSSR count). The van der Waals surface area contributed by atoms with Gasteiger partial charge >= 0.3 is 0 Å². The van der Waals surface area contributed by atoms with Gasteiger partial charge in [0.25, 0.3) is 0 Å². The van der Waals surface area contributed by atoms with Crippen molar-refractivity contribution in [2.45, 2.75) is 70.2 Å². The van der Waals surface area contributed by atoms with Gasteiger partial charge in [0.05, 0.1) is 18.8 Å². The standard InChI is InChI=1S/C29H41FN4O4S/c1-4-20-11-22(17-31-16-20)18-32-19-27(35)25-14-21-12-23(30)15-24(13-21)38-9-6-5-7-28(36)34(2)26(8-10-39-3)29(37)33-25/h11-13,15-17,25-27,32,35H,4-10,14,18-19H2,1-3H3,(H,33,37). The number of halogens is 1. The molecule has 2 amide bonds. The van der Waals surface area contributed by atoms with Crippen LogP contribution in [0.4, 0.5) is 4.39 Å². The lowest BCUT2D eigenvalue weighted by molar-refractivity contribution is -0.139. The van der Waals surface area contributed by atoms with Crippen LogP contribution < -0.4 is 15.4 Å². The second kappa shape index (κ2) is 15.8. The Kier molecular flexibility index (Phi) is 12.5. The van der Waals surface area contributed by atoms with Gasteiger partial charge in [-0.3, -0.25) is 14.6 Å². The summed E-state index contributed by atoms with van der Waals surface area (Å²) in [5, 5.41) is 17.4. The van der Waals surface area contributed by atoms with Crippen LogP contribution in [0.5, 0.6) is 5.75 Å². The van der Waals surface area contributed by atoms with E-state index in [1.165, 1.54) is 17.0 Å². The van der Waals surface area contributed by atoms with Crippen LogP contribution in [0.1, 0.15) is 49.3 Å². The highest BCUT2D eigenvalue weighted by Gasteiger charge is 2.30. The molecule has 2 heterocycles. The Balaban J connectivity index is 1.82. The Bertz CT molecular complexity index is 1090. The molecule has 1 aliphatic rings. The third-order valence-electron chi connectivity index (χ3n) is 6.93. The minimum Gasteiger partial charge on any atom is -0.493 e. The fourth-order valence-electron chi connectivity index (χ4n) is 4.62. The Labute approximate surface area is 235 Å². The average molecular weight is 561 g/mol. The number of thioether (sulfide) groups is 1. The molecular formula is C29H41FN4O4S. The van der Waals surface area contributed by atoms with Gasteiger partial charge in [-0.05, 0) is 72.9 Å². The number of nitrogens with one attached hydrogen (secondary N) is 2. The first-order chi connectivity index (χ1) is 18.8. The molecule has 39 heavy (non-hydrogen) atoms. The van der Waals surface area contributed by atoms with Crippen molar-refractivity contribution in [1.29, 1.82) is 0 Å². The zero-order valence-electron chi connectivity index (χ0n) is 23.1. The summed E-state index contributed by atoms with van der Waals surface area (Å²) in [5.41, 5.74) is 2.73. The first-order valence-corrected chi connectivity index (χ1v) is 15.0. The molecule has 0 saturated heterocycles. The summed E-state index contributed by atoms with van der Waals surface area (Å²) in [7, 11) is 1.66. The van der Waals surface area contributed by atoms with E-state index in [-0.39, 0.29) is 24.8 Å². The maximum atomic E-state index is 14.4. The summed E-state index contributed by atoms with van der Waals surface area (Å²) in [6, 6.07) is 5.14. The van der Waals surface area contributed by atoms with Crippen molar-refractivity contribution < 1.29 is 23.8 Å². The molecule has 8 nitrogen and oxygen atoms in total. The molecule has 1 aromatic carbocycles. The summed E-state index contributed by atoms with van der Waals surface area (Å²) >= 11 is 1.61. The van der Waals surface area contributed by atoms with Crippen LogP contribution in [0, 0.1) is 5.82 Å². The average Bonchev–Trinajstić information content (AvgIpc) is 2.92. The van der Waals surface area contributed by atoms with Crippen LogP contribution in [-0.2, 0) is 29.0 Å². The minimum absolute atomic E-state index is 0.112. The van der Waals surface area contributed by atoms with E-state index in [1.54, 1.807) is 31.1 Å². The molecule has 3 atom stereocenters. The topological polar surface area (TPSA) is 104 Å². The highest BCUT2D eigenvalue weighted by atomic mass is 32.2. The number of amides is 2. The number of fused-ring (bicyclic) bond motifs is 2. The number of aliphatic hydroxyl groups is 1. The fraction of sp³-hybridized carbons (Fsp3) is 0.552. The summed E-state index contributed by atoms with van der Waals surface area (Å²) in [6.07, 6.45) is 7.70. The number of ether oxygens (including phenoxy) is 1. The molecule has 3 unspecified atom stereocenters. The maximum Gasteiger partial charge on any atom is 0.243 e. The van der Waals surface area contributed by atoms with E-state index in [0.717, 1.165) is 17.5 Å². The number of carbonyl (C=O) groups excluding carboxylic acids is 2. The Morgan fingerprint density at radius 1 is 1.23 bits per heavy atom. The SMILES string of the molecule is CCc1cncc(CNCC(O)C2Cc3cc(F)cc(c3)OCCCCC(=O)N(C)C(CCSC)C(=O)N2)c1. The van der Waals surface area contributed by atoms with Gasteiger partial charge in [0, 0.05) is 45.0 Å². The quantitative estimate of drug-likeness (QED) is 0.433. The van der Waals surface area contributed by atoms with Crippen molar-refractivity contribution in [3.8, 4) is 5.75 Å². The van der Waals surface area contributed by atoms with Crippen LogP contribution >= 0.6 is 11.8 Å². The van der Waals surface area contributed by atoms with Crippen LogP contribution in [0.2, 0.25) is 0 Å². The van der Waals surface area contributed by atoms with E-state index in [4.69, 9.17) is 4.74 Å². The molecule has 214 valence electrons. The number of aliphatic hydroxyl groups excluding tert-OH is 1. The smallest absolute Gasteiger partial charge is 0.243 e. The first kappa shape index (κ1) is 30.8. The summed E-state index contributed by atoms with van der Waals surface area (Å²) in [6.45, 7) is 3.13. The van der Waals surface area contributed by atoms with Crippen molar-refractivity contribution in [3.05, 3.63) is 59.2 Å². The van der Waals surface area contributed by atoms with Crippen molar-refractivity contribution in [2.24, 2.45) is 0 Å². The molecule has 10 heteroatoms. The number of pyridine rings is 1. The van der Waals surface area contributed by atoms with Gasteiger partial charge in [0.2, 0.25) is 11.8 Å². The predicted octanol–water partition coefficient (Wildman–Crippen LogP) is 3.10. The number of benzene rings is 1. The highest BCUT2D eigenvalue weighted by molar-refractivity contribution is 7.98. The second-order valence-corrected chi connectivity index (χ2v) is 11.0. The van der Waals surface area contributed by atoms with Gasteiger partial charge in [-0.2, -0.15) is 11.8 Å². The first-order valence-electron chi connectivity index (χ1n) is 13.6. The van der Waals surface area contributed by atoms with E-state index in [0.29, 0.717) is 55.9 Å². The van der Waals surface area contributed by atoms with Crippen LogP contribution in [0.3, 0.4) is 0 Å². The van der Waals surface area contributed by atoms with E-state index < -0.39 is 24.0 Å². The van der Waals surface area contributed by atoms with Gasteiger partial charge in [-0.15, -0.1) is 0 Å². The maximum absolute atomic E-state index is 14.4. The number of aryl methyl sites for hydroxylation is 1. The summed E-state index contributed by atoms with van der Waals surface area (Å²) in [5.74, 6) is 0.213. The Morgan fingerprint density at radius 3 is 2.79 bits per heavy atom. The van der Waals surface area contributed by atoms with Gasteiger partial charge < -0.3 is 25.4 Å². The molecule has 1 aromatic heterocycles. The van der Waals surface area contributed by atoms with Crippen molar-refractivity contribution >= 4 is 23.6 Å². The number of likely N-dealkylation sites (N-methyl/N-ethyl adjacent to an activating group) is 1. The molecule has 0 fully saturated rings. The third-order valence-corrected chi connectivity index (χ3v) is 7.58. The molecule has 0 saturated carbocycles. The largest absolute Gasteiger partial charge is 0.493 e. The molecule has 3 N–H and O–H groups in total. The molecule has 0 spiro atoms. The van der Waals surface area contributed by atoms with E-state index in [1.807, 2.05) is 12.5 Å². The number of rotatable bonds is 9. The number of carbonyl (C=O) groups is 2. The van der Waals surface area contributed by atoms with Gasteiger partial charge in [-0.25, -0.2) is 4.39 Å². The van der Waals surface area contributed by atoms with Crippen LogP contribution in [-0.4, -0.2) is 77.2 Å². The van der Waals surface area contributed by atoms with Crippen molar-refractivity contribution in [1.82, 2.24) is 20.5 Å². The lowest BCUT2D eigenvalue weighted by Crippen LogP contribution is -2.55. The minimum atomic E-state index is -0.971. The normalized spacial score (nSPS) is 20.0. The Morgan fingerprint density at radius 2 is 2.03 bits per heavy atom. The molecule has 2 aromatic rings. The number of aromatic nitrogens is 1. The predicted molar refractivity (Wildman–Crippen MR) is 152 cm³/mol. The molecule has 0 radical (unpaired) electrons. The molecular weight excluding hydrogens is 519 g/mol. The monoisotopic (exact) mass is 560 g/mol. The van der Waals surface area contributed by atoms with Gasteiger partial charge in [0.1, 0.15) is 17.6 Å². The summed E-state index contributed by atoms with van der Waals surface area (Å²) < 4.78 is 20.2. The van der Waals surface area contributed by atoms with E-state index in [9.17, 15) is 19.1 Å². The molecule has 1 aliphatic heterocycles. The van der Waals surface area contributed by atoms with Gasteiger partial charge in [0.15, 0.2) is 0 Å². The zero-order valence-corrected chi connectivity index (χ0v) is 23.9. The van der Waals surface area contributed by atoms with Crippen LogP contribution in [0.15, 0.2) is 36.7 Å². The highest BCUT2D eigenvalue weighted by Crippen LogP contribution is 2.20. The van der Waals surface area contributed by atoms with Crippen molar-refractivity contribution in [2.75, 3.05) is 32.2 Å². The Hall–Kier alpha value is -2.69. The number of hydrogen-bond donors (Lipinski definition) is 3. The fourth-order valence-corrected chi connectivity index (χ4v) is 5.08. The van der Waals surface area contributed by atoms with Gasteiger partial charge in [-0.1, -0.05) is 13.0 Å². The lowest BCUT2D eigenvalue weighted by atomic mass is 9.99. The summed E-state index contributed by atoms with van der Waals surface area (Å²) in [4.78, 5) is 32.2. The van der Waals surface area contributed by atoms with Crippen molar-refractivity contribution in [3.63, 3.8) is 0 Å². The molecule has 0 aliphatic carbocycles. The van der Waals surface area contributed by atoms with E-state index >= 15 is 0 Å². The number of hydrogen-bond acceptors (Lipinski definition) is 7. The zero-order chi connectivity index (χ0) is 28.2.